The molecule has 1 aromatic heterocycles. The lowest BCUT2D eigenvalue weighted by Crippen LogP contribution is -2.30. The minimum absolute atomic E-state index is 0.123. The second-order valence-corrected chi connectivity index (χ2v) is 10.5. The summed E-state index contributed by atoms with van der Waals surface area (Å²) in [5.41, 5.74) is 5.76. The van der Waals surface area contributed by atoms with E-state index >= 15 is 0 Å². The lowest BCUT2D eigenvalue weighted by Gasteiger charge is -2.19. The van der Waals surface area contributed by atoms with Gasteiger partial charge in [0.25, 0.3) is 0 Å². The number of allylic oxidation sites excluding steroid dienone is 3. The molecule has 0 spiro atoms. The fourth-order valence-corrected chi connectivity index (χ4v) is 4.86. The standard InChI is InChI=1S/C27H31N5O3S/c1-19-8-6-9-20(2)26(19)30-27(33)29-17-7-12-22-18-25(21-10-4-3-5-11-21)32(31-22)23-13-15-24(16-14-23)36(28,34)35/h3-6,8-11,13,15-16,18,23H,7,12,14,17H2,1-2H3,(H2,28,34,35)(H2,29,30,33). The summed E-state index contributed by atoms with van der Waals surface area (Å²) in [6.07, 6.45) is 6.88. The van der Waals surface area contributed by atoms with Crippen LogP contribution < -0.4 is 15.8 Å². The largest absolute Gasteiger partial charge is 0.338 e. The molecule has 3 aromatic rings. The molecule has 0 fully saturated rings. The van der Waals surface area contributed by atoms with E-state index in [4.69, 9.17) is 10.2 Å². The monoisotopic (exact) mass is 505 g/mol. The summed E-state index contributed by atoms with van der Waals surface area (Å²) in [5, 5.41) is 15.9. The topological polar surface area (TPSA) is 119 Å². The number of aromatic nitrogens is 2. The molecule has 2 aromatic carbocycles. The Hall–Kier alpha value is -3.69. The van der Waals surface area contributed by atoms with Crippen molar-refractivity contribution in [3.8, 4) is 11.3 Å². The summed E-state index contributed by atoms with van der Waals surface area (Å²) < 4.78 is 25.2. The molecule has 1 heterocycles. The number of amides is 2. The first-order valence-electron chi connectivity index (χ1n) is 11.9. The van der Waals surface area contributed by atoms with Crippen molar-refractivity contribution < 1.29 is 13.2 Å². The lowest BCUT2D eigenvalue weighted by molar-refractivity contribution is 0.252. The minimum atomic E-state index is -3.73. The van der Waals surface area contributed by atoms with E-state index in [2.05, 4.69) is 16.7 Å². The number of para-hydroxylation sites is 1. The Morgan fingerprint density at radius 2 is 1.83 bits per heavy atom. The Balaban J connectivity index is 1.41. The molecule has 4 N–H and O–H groups in total. The van der Waals surface area contributed by atoms with E-state index in [1.165, 1.54) is 0 Å². The lowest BCUT2D eigenvalue weighted by atomic mass is 10.1. The maximum absolute atomic E-state index is 12.4. The predicted molar refractivity (Wildman–Crippen MR) is 143 cm³/mol. The van der Waals surface area contributed by atoms with Gasteiger partial charge in [-0.1, -0.05) is 60.7 Å². The highest BCUT2D eigenvalue weighted by Crippen LogP contribution is 2.29. The quantitative estimate of drug-likeness (QED) is 0.388. The maximum atomic E-state index is 12.4. The third-order valence-electron chi connectivity index (χ3n) is 6.16. The molecule has 0 saturated carbocycles. The SMILES string of the molecule is Cc1cccc(C)c1NC(=O)NCCCc1cc(-c2ccccc2)n(C2C=CC(S(N)(=O)=O)=CC2)n1. The summed E-state index contributed by atoms with van der Waals surface area (Å²) in [4.78, 5) is 12.5. The number of carbonyl (C=O) groups excluding carboxylic acids is 1. The van der Waals surface area contributed by atoms with E-state index in [1.54, 1.807) is 12.2 Å². The molecule has 1 aliphatic carbocycles. The second-order valence-electron chi connectivity index (χ2n) is 8.90. The van der Waals surface area contributed by atoms with Crippen molar-refractivity contribution in [2.75, 3.05) is 11.9 Å². The number of carbonyl (C=O) groups is 1. The second kappa shape index (κ2) is 10.9. The van der Waals surface area contributed by atoms with Crippen LogP contribution in [0.25, 0.3) is 11.3 Å². The van der Waals surface area contributed by atoms with Gasteiger partial charge in [0.1, 0.15) is 0 Å². The summed E-state index contributed by atoms with van der Waals surface area (Å²) in [5.74, 6) is 0. The molecule has 0 saturated heterocycles. The molecular formula is C27H31N5O3S. The number of nitrogens with two attached hydrogens (primary N) is 1. The number of nitrogens with one attached hydrogen (secondary N) is 2. The van der Waals surface area contributed by atoms with Crippen molar-refractivity contribution in [3.63, 3.8) is 0 Å². The van der Waals surface area contributed by atoms with Gasteiger partial charge in [-0.15, -0.1) is 0 Å². The molecule has 1 unspecified atom stereocenters. The number of primary sulfonamides is 1. The number of urea groups is 1. The Bertz CT molecular complexity index is 1390. The number of rotatable bonds is 8. The molecular weight excluding hydrogens is 474 g/mol. The summed E-state index contributed by atoms with van der Waals surface area (Å²) >= 11 is 0. The van der Waals surface area contributed by atoms with Crippen molar-refractivity contribution in [2.24, 2.45) is 5.14 Å². The van der Waals surface area contributed by atoms with Crippen LogP contribution in [0.15, 0.2) is 77.7 Å². The zero-order chi connectivity index (χ0) is 25.7. The van der Waals surface area contributed by atoms with E-state index < -0.39 is 10.0 Å². The zero-order valence-electron chi connectivity index (χ0n) is 20.4. The number of hydrogen-bond acceptors (Lipinski definition) is 4. The summed E-state index contributed by atoms with van der Waals surface area (Å²) in [7, 11) is -3.73. The molecule has 188 valence electrons. The molecule has 1 aliphatic rings. The minimum Gasteiger partial charge on any atom is -0.338 e. The van der Waals surface area contributed by atoms with Crippen LogP contribution in [0.3, 0.4) is 0 Å². The fraction of sp³-hybridized carbons (Fsp3) is 0.259. The van der Waals surface area contributed by atoms with Crippen molar-refractivity contribution >= 4 is 21.7 Å². The van der Waals surface area contributed by atoms with Crippen LogP contribution >= 0.6 is 0 Å². The van der Waals surface area contributed by atoms with Crippen LogP contribution in [0.1, 0.15) is 35.7 Å². The van der Waals surface area contributed by atoms with Crippen molar-refractivity contribution in [3.05, 3.63) is 94.6 Å². The predicted octanol–water partition coefficient (Wildman–Crippen LogP) is 4.59. The van der Waals surface area contributed by atoms with Crippen LogP contribution in [-0.4, -0.2) is 30.8 Å². The molecule has 1 atom stereocenters. The van der Waals surface area contributed by atoms with Gasteiger partial charge in [0.05, 0.1) is 22.3 Å². The average Bonchev–Trinajstić information content (AvgIpc) is 3.29. The van der Waals surface area contributed by atoms with Gasteiger partial charge in [-0.25, -0.2) is 18.4 Å². The molecule has 0 bridgehead atoms. The van der Waals surface area contributed by atoms with Gasteiger partial charge in [-0.05, 0) is 61.9 Å². The number of benzene rings is 2. The van der Waals surface area contributed by atoms with E-state index in [9.17, 15) is 13.2 Å². The Labute approximate surface area is 212 Å². The molecule has 8 nitrogen and oxygen atoms in total. The number of sulfonamides is 1. The average molecular weight is 506 g/mol. The van der Waals surface area contributed by atoms with Gasteiger partial charge < -0.3 is 10.6 Å². The molecule has 4 rings (SSSR count). The van der Waals surface area contributed by atoms with Gasteiger partial charge >= 0.3 is 6.03 Å². The van der Waals surface area contributed by atoms with Gasteiger partial charge in [0.15, 0.2) is 0 Å². The third kappa shape index (κ3) is 6.10. The van der Waals surface area contributed by atoms with E-state index in [0.717, 1.165) is 40.2 Å². The summed E-state index contributed by atoms with van der Waals surface area (Å²) in [6, 6.07) is 17.6. The number of anilines is 1. The number of aryl methyl sites for hydroxylation is 3. The highest BCUT2D eigenvalue weighted by Gasteiger charge is 2.20. The first-order valence-corrected chi connectivity index (χ1v) is 13.4. The fourth-order valence-electron chi connectivity index (χ4n) is 4.27. The molecule has 0 radical (unpaired) electrons. The van der Waals surface area contributed by atoms with Gasteiger partial charge in [-0.2, -0.15) is 5.10 Å². The molecule has 36 heavy (non-hydrogen) atoms. The zero-order valence-corrected chi connectivity index (χ0v) is 21.3. The molecule has 2 amide bonds. The van der Waals surface area contributed by atoms with E-state index in [0.29, 0.717) is 19.4 Å². The van der Waals surface area contributed by atoms with Gasteiger partial charge in [0, 0.05) is 12.2 Å². The maximum Gasteiger partial charge on any atom is 0.319 e. The first-order chi connectivity index (χ1) is 17.2. The number of nitrogens with zero attached hydrogens (tertiary/aromatic N) is 2. The van der Waals surface area contributed by atoms with E-state index in [-0.39, 0.29) is 17.0 Å². The third-order valence-corrected chi connectivity index (χ3v) is 7.12. The van der Waals surface area contributed by atoms with Crippen molar-refractivity contribution in [2.45, 2.75) is 39.2 Å². The highest BCUT2D eigenvalue weighted by molar-refractivity contribution is 7.93. The van der Waals surface area contributed by atoms with Crippen LogP contribution in [-0.2, 0) is 16.4 Å². The molecule has 0 aliphatic heterocycles. The highest BCUT2D eigenvalue weighted by atomic mass is 32.2. The van der Waals surface area contributed by atoms with Crippen LogP contribution in [0, 0.1) is 13.8 Å². The number of hydrogen-bond donors (Lipinski definition) is 3. The van der Waals surface area contributed by atoms with Gasteiger partial charge in [-0.3, -0.25) is 4.68 Å². The smallest absolute Gasteiger partial charge is 0.319 e. The van der Waals surface area contributed by atoms with Crippen LogP contribution in [0.5, 0.6) is 0 Å². The Morgan fingerprint density at radius 3 is 2.47 bits per heavy atom. The summed E-state index contributed by atoms with van der Waals surface area (Å²) in [6.45, 7) is 4.45. The van der Waals surface area contributed by atoms with Crippen molar-refractivity contribution in [1.82, 2.24) is 15.1 Å². The van der Waals surface area contributed by atoms with Crippen LogP contribution in [0.4, 0.5) is 10.5 Å². The van der Waals surface area contributed by atoms with Crippen LogP contribution in [0.2, 0.25) is 0 Å². The normalized spacial score (nSPS) is 15.4. The Morgan fingerprint density at radius 1 is 1.11 bits per heavy atom. The van der Waals surface area contributed by atoms with Gasteiger partial charge in [0.2, 0.25) is 10.0 Å². The van der Waals surface area contributed by atoms with E-state index in [1.807, 2.05) is 73.1 Å². The first kappa shape index (κ1) is 25.4. The van der Waals surface area contributed by atoms with Crippen molar-refractivity contribution in [1.29, 1.82) is 0 Å². The molecule has 9 heteroatoms. The Kier molecular flexibility index (Phi) is 7.71.